The Kier molecular flexibility index (Phi) is 2.23. The molecule has 4 heteroatoms. The summed E-state index contributed by atoms with van der Waals surface area (Å²) in [5.41, 5.74) is 1.08. The van der Waals surface area contributed by atoms with Gasteiger partial charge in [-0.15, -0.1) is 11.3 Å². The molecule has 3 nitrogen and oxygen atoms in total. The van der Waals surface area contributed by atoms with E-state index < -0.39 is 5.97 Å². The van der Waals surface area contributed by atoms with Gasteiger partial charge in [0.2, 0.25) is 0 Å². The predicted molar refractivity (Wildman–Crippen MR) is 54.7 cm³/mol. The lowest BCUT2D eigenvalue weighted by Gasteiger charge is -1.97. The zero-order chi connectivity index (χ0) is 10.1. The van der Waals surface area contributed by atoms with E-state index in [-0.39, 0.29) is 6.61 Å². The third-order valence-electron chi connectivity index (χ3n) is 2.08. The molecule has 2 rings (SSSR count). The van der Waals surface area contributed by atoms with Gasteiger partial charge in [-0.2, -0.15) is 0 Å². The summed E-state index contributed by atoms with van der Waals surface area (Å²) in [6, 6.07) is 5.09. The average Bonchev–Trinajstić information content (AvgIpc) is 2.59. The van der Waals surface area contributed by atoms with Gasteiger partial charge in [-0.1, -0.05) is 12.1 Å². The van der Waals surface area contributed by atoms with Crippen molar-refractivity contribution in [2.45, 2.75) is 6.61 Å². The maximum Gasteiger partial charge on any atom is 0.337 e. The Bertz CT molecular complexity index is 487. The van der Waals surface area contributed by atoms with Gasteiger partial charge in [0.1, 0.15) is 0 Å². The van der Waals surface area contributed by atoms with Crippen LogP contribution in [0.15, 0.2) is 23.6 Å². The number of hydrogen-bond donors (Lipinski definition) is 2. The Labute approximate surface area is 84.2 Å². The van der Waals surface area contributed by atoms with Crippen LogP contribution < -0.4 is 0 Å². The first kappa shape index (κ1) is 9.18. The van der Waals surface area contributed by atoms with Crippen molar-refractivity contribution >= 4 is 27.4 Å². The van der Waals surface area contributed by atoms with E-state index in [0.717, 1.165) is 15.6 Å². The molecule has 2 aromatic rings. The number of fused-ring (bicyclic) bond motifs is 1. The molecule has 0 saturated heterocycles. The second kappa shape index (κ2) is 3.40. The van der Waals surface area contributed by atoms with Gasteiger partial charge in [0.05, 0.1) is 12.2 Å². The van der Waals surface area contributed by atoms with Crippen molar-refractivity contribution in [3.63, 3.8) is 0 Å². The van der Waals surface area contributed by atoms with Gasteiger partial charge < -0.3 is 10.2 Å². The largest absolute Gasteiger partial charge is 0.478 e. The highest BCUT2D eigenvalue weighted by Crippen LogP contribution is 2.29. The summed E-state index contributed by atoms with van der Waals surface area (Å²) in [6.45, 7) is -0.0525. The molecule has 0 radical (unpaired) electrons. The van der Waals surface area contributed by atoms with Crippen LogP contribution in [0.5, 0.6) is 0 Å². The molecular weight excluding hydrogens is 200 g/mol. The summed E-state index contributed by atoms with van der Waals surface area (Å²) in [5.74, 6) is -0.929. The highest BCUT2D eigenvalue weighted by atomic mass is 32.1. The monoisotopic (exact) mass is 208 g/mol. The van der Waals surface area contributed by atoms with Crippen LogP contribution in [0.4, 0.5) is 0 Å². The van der Waals surface area contributed by atoms with Crippen molar-refractivity contribution in [3.8, 4) is 0 Å². The maximum absolute atomic E-state index is 10.9. The van der Waals surface area contributed by atoms with Crippen LogP contribution in [0.25, 0.3) is 10.1 Å². The molecule has 0 unspecified atom stereocenters. The van der Waals surface area contributed by atoms with Crippen LogP contribution in [0, 0.1) is 0 Å². The first-order valence-electron chi connectivity index (χ1n) is 4.07. The van der Waals surface area contributed by atoms with Crippen molar-refractivity contribution in [1.29, 1.82) is 0 Å². The van der Waals surface area contributed by atoms with E-state index in [9.17, 15) is 4.79 Å². The van der Waals surface area contributed by atoms with Crippen LogP contribution in [0.3, 0.4) is 0 Å². The third kappa shape index (κ3) is 1.29. The summed E-state index contributed by atoms with van der Waals surface area (Å²) in [5, 5.41) is 20.5. The Morgan fingerprint density at radius 3 is 2.86 bits per heavy atom. The van der Waals surface area contributed by atoms with Crippen molar-refractivity contribution in [2.75, 3.05) is 0 Å². The molecule has 0 aliphatic rings. The van der Waals surface area contributed by atoms with Gasteiger partial charge in [-0.25, -0.2) is 4.79 Å². The molecule has 1 aromatic heterocycles. The number of carboxylic acid groups (broad SMARTS) is 1. The minimum Gasteiger partial charge on any atom is -0.478 e. The quantitative estimate of drug-likeness (QED) is 0.794. The van der Waals surface area contributed by atoms with Gasteiger partial charge in [-0.05, 0) is 22.4 Å². The fourth-order valence-electron chi connectivity index (χ4n) is 1.40. The van der Waals surface area contributed by atoms with Gasteiger partial charge in [0.25, 0.3) is 0 Å². The van der Waals surface area contributed by atoms with E-state index in [4.69, 9.17) is 10.2 Å². The molecule has 0 fully saturated rings. The zero-order valence-electron chi connectivity index (χ0n) is 7.23. The first-order valence-corrected chi connectivity index (χ1v) is 4.95. The van der Waals surface area contributed by atoms with E-state index in [2.05, 4.69) is 0 Å². The number of aliphatic hydroxyl groups excluding tert-OH is 1. The number of aliphatic hydroxyl groups is 1. The molecule has 2 N–H and O–H groups in total. The molecular formula is C10H8O3S. The first-order chi connectivity index (χ1) is 6.74. The highest BCUT2D eigenvalue weighted by molar-refractivity contribution is 7.17. The smallest absolute Gasteiger partial charge is 0.337 e. The normalized spacial score (nSPS) is 10.6. The summed E-state index contributed by atoms with van der Waals surface area (Å²) in [4.78, 5) is 10.9. The minimum atomic E-state index is -0.929. The molecule has 0 amide bonds. The van der Waals surface area contributed by atoms with Gasteiger partial charge >= 0.3 is 5.97 Å². The summed E-state index contributed by atoms with van der Waals surface area (Å²) < 4.78 is 0.726. The van der Waals surface area contributed by atoms with Crippen LogP contribution in [0.1, 0.15) is 15.9 Å². The molecule has 0 aliphatic heterocycles. The standard InChI is InChI=1S/C10H8O3S/c11-4-6-5-14-9-7(6)2-1-3-8(9)10(12)13/h1-3,5,11H,4H2,(H,12,13). The molecule has 14 heavy (non-hydrogen) atoms. The number of hydrogen-bond acceptors (Lipinski definition) is 3. The average molecular weight is 208 g/mol. The number of thiophene rings is 1. The van der Waals surface area contributed by atoms with E-state index in [0.29, 0.717) is 5.56 Å². The number of carbonyl (C=O) groups is 1. The van der Waals surface area contributed by atoms with E-state index in [1.807, 2.05) is 6.07 Å². The lowest BCUT2D eigenvalue weighted by atomic mass is 10.1. The topological polar surface area (TPSA) is 57.5 Å². The summed E-state index contributed by atoms with van der Waals surface area (Å²) in [6.07, 6.45) is 0. The fraction of sp³-hybridized carbons (Fsp3) is 0.100. The molecule has 0 atom stereocenters. The second-order valence-corrected chi connectivity index (χ2v) is 3.79. The SMILES string of the molecule is O=C(O)c1cccc2c(CO)csc12. The number of carboxylic acids is 1. The highest BCUT2D eigenvalue weighted by Gasteiger charge is 2.11. The Morgan fingerprint density at radius 2 is 2.21 bits per heavy atom. The van der Waals surface area contributed by atoms with Crippen LogP contribution >= 0.6 is 11.3 Å². The summed E-state index contributed by atoms with van der Waals surface area (Å²) >= 11 is 1.35. The van der Waals surface area contributed by atoms with Crippen LogP contribution in [-0.2, 0) is 6.61 Å². The molecule has 0 aliphatic carbocycles. The van der Waals surface area contributed by atoms with Crippen molar-refractivity contribution < 1.29 is 15.0 Å². The molecule has 0 spiro atoms. The van der Waals surface area contributed by atoms with Crippen LogP contribution in [-0.4, -0.2) is 16.2 Å². The Balaban J connectivity index is 2.76. The van der Waals surface area contributed by atoms with Gasteiger partial charge in [0.15, 0.2) is 0 Å². The van der Waals surface area contributed by atoms with E-state index >= 15 is 0 Å². The Morgan fingerprint density at radius 1 is 1.43 bits per heavy atom. The lowest BCUT2D eigenvalue weighted by molar-refractivity contribution is 0.0699. The zero-order valence-corrected chi connectivity index (χ0v) is 8.04. The minimum absolute atomic E-state index is 0.0525. The van der Waals surface area contributed by atoms with E-state index in [1.54, 1.807) is 17.5 Å². The maximum atomic E-state index is 10.9. The van der Waals surface area contributed by atoms with Crippen molar-refractivity contribution in [1.82, 2.24) is 0 Å². The van der Waals surface area contributed by atoms with Gasteiger partial charge in [-0.3, -0.25) is 0 Å². The van der Waals surface area contributed by atoms with Crippen LogP contribution in [0.2, 0.25) is 0 Å². The number of rotatable bonds is 2. The molecule has 1 heterocycles. The molecule has 0 saturated carbocycles. The van der Waals surface area contributed by atoms with Crippen molar-refractivity contribution in [3.05, 3.63) is 34.7 Å². The fourth-order valence-corrected chi connectivity index (χ4v) is 2.47. The molecule has 72 valence electrons. The third-order valence-corrected chi connectivity index (χ3v) is 3.16. The lowest BCUT2D eigenvalue weighted by Crippen LogP contribution is -1.95. The number of benzene rings is 1. The number of aromatic carboxylic acids is 1. The molecule has 0 bridgehead atoms. The van der Waals surface area contributed by atoms with Crippen molar-refractivity contribution in [2.24, 2.45) is 0 Å². The molecule has 1 aromatic carbocycles. The summed E-state index contributed by atoms with van der Waals surface area (Å²) in [7, 11) is 0. The Hall–Kier alpha value is -1.39. The predicted octanol–water partition coefficient (Wildman–Crippen LogP) is 2.09. The second-order valence-electron chi connectivity index (χ2n) is 2.91. The van der Waals surface area contributed by atoms with Gasteiger partial charge in [0, 0.05) is 4.70 Å². The van der Waals surface area contributed by atoms with E-state index in [1.165, 1.54) is 11.3 Å².